The van der Waals surface area contributed by atoms with Gasteiger partial charge in [-0.1, -0.05) is 0 Å². The molecular formula is C21H48N2Sn. The van der Waals surface area contributed by atoms with Crippen LogP contribution in [0.15, 0.2) is 0 Å². The number of nitrogens with zero attached hydrogens (tertiary/aromatic N) is 2. The van der Waals surface area contributed by atoms with Gasteiger partial charge in [-0.25, -0.2) is 0 Å². The van der Waals surface area contributed by atoms with Gasteiger partial charge in [0.1, 0.15) is 0 Å². The van der Waals surface area contributed by atoms with Crippen molar-refractivity contribution in [2.45, 2.75) is 134 Å². The zero-order valence-corrected chi connectivity index (χ0v) is 22.5. The van der Waals surface area contributed by atoms with Crippen LogP contribution >= 0.6 is 0 Å². The maximum atomic E-state index is 3.01. The molecule has 3 heteroatoms. The monoisotopic (exact) mass is 448 g/mol. The third-order valence-corrected chi connectivity index (χ3v) is 27.0. The quantitative estimate of drug-likeness (QED) is 0.435. The first kappa shape index (κ1) is 24.7. The molecule has 1 atom stereocenters. The van der Waals surface area contributed by atoms with Gasteiger partial charge >= 0.3 is 160 Å². The van der Waals surface area contributed by atoms with E-state index < -0.39 is 18.9 Å². The van der Waals surface area contributed by atoms with Crippen LogP contribution in [0.4, 0.5) is 0 Å². The Morgan fingerprint density at radius 1 is 0.583 bits per heavy atom. The fourth-order valence-corrected chi connectivity index (χ4v) is 28.9. The first-order chi connectivity index (χ1) is 10.3. The fraction of sp³-hybridized carbons (Fsp3) is 1.00. The van der Waals surface area contributed by atoms with Crippen molar-refractivity contribution < 1.29 is 0 Å². The zero-order valence-electron chi connectivity index (χ0n) is 19.6. The molecule has 0 amide bonds. The predicted molar refractivity (Wildman–Crippen MR) is 114 cm³/mol. The Hall–Kier alpha value is 0.719. The van der Waals surface area contributed by atoms with Crippen molar-refractivity contribution in [3.63, 3.8) is 0 Å². The van der Waals surface area contributed by atoms with Gasteiger partial charge < -0.3 is 0 Å². The van der Waals surface area contributed by atoms with Crippen molar-refractivity contribution in [3.8, 4) is 0 Å². The summed E-state index contributed by atoms with van der Waals surface area (Å²) in [6.07, 6.45) is 0. The molecule has 0 saturated heterocycles. The Labute approximate surface area is 159 Å². The summed E-state index contributed by atoms with van der Waals surface area (Å²) in [5, 5.41) is 0. The third kappa shape index (κ3) is 4.71. The van der Waals surface area contributed by atoms with E-state index in [1.807, 2.05) is 0 Å². The molecule has 0 aliphatic heterocycles. The SMILES string of the molecule is CC(C)[N](C(C)C)[Sn]([CH](C)C)([N](C(C)(C)C)C(C)(C)C)[C](C)(C)C. The predicted octanol–water partition coefficient (Wildman–Crippen LogP) is 6.66. The second-order valence-electron chi connectivity index (χ2n) is 11.4. The van der Waals surface area contributed by atoms with Gasteiger partial charge in [-0.15, -0.1) is 0 Å². The molecule has 1 unspecified atom stereocenters. The fourth-order valence-electron chi connectivity index (χ4n) is 5.67. The molecule has 0 aliphatic carbocycles. The minimum atomic E-state index is -3.09. The van der Waals surface area contributed by atoms with Crippen molar-refractivity contribution >= 4 is 18.9 Å². The van der Waals surface area contributed by atoms with E-state index in [2.05, 4.69) is 110 Å². The van der Waals surface area contributed by atoms with Gasteiger partial charge in [0.2, 0.25) is 0 Å². The molecule has 24 heavy (non-hydrogen) atoms. The van der Waals surface area contributed by atoms with Crippen LogP contribution in [0.1, 0.15) is 104 Å². The second kappa shape index (κ2) is 7.76. The van der Waals surface area contributed by atoms with Gasteiger partial charge in [-0.2, -0.15) is 0 Å². The van der Waals surface area contributed by atoms with Gasteiger partial charge in [0, 0.05) is 0 Å². The molecule has 0 bridgehead atoms. The second-order valence-corrected chi connectivity index (χ2v) is 25.9. The minimum absolute atomic E-state index is 0.161. The Bertz CT molecular complexity index is 372. The van der Waals surface area contributed by atoms with Crippen molar-refractivity contribution in [1.29, 1.82) is 0 Å². The summed E-state index contributed by atoms with van der Waals surface area (Å²) in [5.74, 6) is 0. The molecule has 0 aromatic carbocycles. The summed E-state index contributed by atoms with van der Waals surface area (Å²) >= 11 is -3.09. The summed E-state index contributed by atoms with van der Waals surface area (Å²) in [5.41, 5.74) is 0.321. The molecule has 0 aromatic rings. The molecule has 0 aliphatic rings. The molecule has 0 heterocycles. The van der Waals surface area contributed by atoms with E-state index in [9.17, 15) is 0 Å². The Kier molecular flexibility index (Phi) is 7.99. The van der Waals surface area contributed by atoms with Gasteiger partial charge in [0.15, 0.2) is 0 Å². The molecule has 0 N–H and O–H groups in total. The molecule has 0 aromatic heterocycles. The molecule has 0 fully saturated rings. The number of hydrogen-bond donors (Lipinski definition) is 0. The van der Waals surface area contributed by atoms with Crippen LogP contribution < -0.4 is 0 Å². The average Bonchev–Trinajstić information content (AvgIpc) is 2.20. The van der Waals surface area contributed by atoms with E-state index in [0.29, 0.717) is 19.4 Å². The van der Waals surface area contributed by atoms with Crippen molar-refractivity contribution in [2.75, 3.05) is 0 Å². The normalized spacial score (nSPS) is 17.5. The first-order valence-corrected chi connectivity index (χ1v) is 15.5. The number of hydrogen-bond acceptors (Lipinski definition) is 2. The molecule has 0 rings (SSSR count). The summed E-state index contributed by atoms with van der Waals surface area (Å²) in [6.45, 7) is 36.8. The van der Waals surface area contributed by atoms with E-state index in [-0.39, 0.29) is 11.1 Å². The van der Waals surface area contributed by atoms with Crippen molar-refractivity contribution in [1.82, 2.24) is 6.24 Å². The van der Waals surface area contributed by atoms with Gasteiger partial charge in [-0.3, -0.25) is 0 Å². The Balaban J connectivity index is 7.06. The average molecular weight is 447 g/mol. The van der Waals surface area contributed by atoms with Crippen LogP contribution in [0.5, 0.6) is 0 Å². The van der Waals surface area contributed by atoms with E-state index in [0.717, 1.165) is 0 Å². The summed E-state index contributed by atoms with van der Waals surface area (Å²) in [4.78, 5) is 0. The van der Waals surface area contributed by atoms with E-state index in [1.54, 1.807) is 0 Å². The van der Waals surface area contributed by atoms with Crippen LogP contribution in [0.3, 0.4) is 0 Å². The standard InChI is InChI=1S/C8H18N.C6H14N.C4H9.C3H7.Sn/c1-7(2,3)9-8(4,5)6;1-5(2)7-6(3)4;1-4(2)3;1-3-2;/h1-6H3;5-6H,1-4H3;1-3H3;3H,1-2H3;/q2*-1;;;+2. The number of rotatable bonds is 5. The summed E-state index contributed by atoms with van der Waals surface area (Å²) in [7, 11) is 0. The zero-order chi connectivity index (χ0) is 19.9. The molecule has 146 valence electrons. The molecule has 0 saturated carbocycles. The molecule has 2 nitrogen and oxygen atoms in total. The van der Waals surface area contributed by atoms with E-state index in [1.165, 1.54) is 0 Å². The maximum absolute atomic E-state index is 3.09. The topological polar surface area (TPSA) is 6.48 Å². The van der Waals surface area contributed by atoms with Crippen LogP contribution in [0.2, 0.25) is 7.36 Å². The third-order valence-electron chi connectivity index (χ3n) is 5.10. The molecule has 0 radical (unpaired) electrons. The van der Waals surface area contributed by atoms with Crippen LogP contribution in [0.25, 0.3) is 0 Å². The first-order valence-electron chi connectivity index (χ1n) is 9.91. The molecule has 0 spiro atoms. The van der Waals surface area contributed by atoms with Crippen LogP contribution in [-0.2, 0) is 0 Å². The van der Waals surface area contributed by atoms with Gasteiger partial charge in [0.05, 0.1) is 0 Å². The van der Waals surface area contributed by atoms with E-state index in [4.69, 9.17) is 0 Å². The molecular weight excluding hydrogens is 399 g/mol. The Morgan fingerprint density at radius 2 is 0.875 bits per heavy atom. The van der Waals surface area contributed by atoms with E-state index >= 15 is 0 Å². The Morgan fingerprint density at radius 3 is 1.00 bits per heavy atom. The summed E-state index contributed by atoms with van der Waals surface area (Å²) < 4.78 is 7.02. The van der Waals surface area contributed by atoms with Gasteiger partial charge in [-0.05, 0) is 0 Å². The van der Waals surface area contributed by atoms with Gasteiger partial charge in [0.25, 0.3) is 0 Å². The van der Waals surface area contributed by atoms with Crippen molar-refractivity contribution in [3.05, 3.63) is 0 Å². The summed E-state index contributed by atoms with van der Waals surface area (Å²) in [6, 6.07) is 1.16. The van der Waals surface area contributed by atoms with Crippen molar-refractivity contribution in [2.24, 2.45) is 0 Å². The van der Waals surface area contributed by atoms with Crippen LogP contribution in [0, 0.1) is 0 Å². The van der Waals surface area contributed by atoms with Crippen LogP contribution in [-0.4, -0.2) is 48.3 Å².